The zero-order chi connectivity index (χ0) is 17.2. The molecule has 1 atom stereocenters. The van der Waals surface area contributed by atoms with Crippen LogP contribution in [0.4, 0.5) is 5.69 Å². The number of oxazole rings is 1. The monoisotopic (exact) mass is 352 g/mol. The van der Waals surface area contributed by atoms with Gasteiger partial charge >= 0.3 is 0 Å². The molecule has 0 bridgehead atoms. The number of aryl methyl sites for hydroxylation is 1. The second kappa shape index (κ2) is 6.92. The number of rotatable bonds is 4. The van der Waals surface area contributed by atoms with Gasteiger partial charge in [0.15, 0.2) is 5.58 Å². The topological polar surface area (TPSA) is 46.3 Å². The fraction of sp³-hybridized carbons (Fsp3) is 0.300. The minimum Gasteiger partial charge on any atom is -0.431 e. The zero-order valence-electron chi connectivity index (χ0n) is 14.1. The quantitative estimate of drug-likeness (QED) is 0.640. The SMILES string of the molecule is CCC(Sc1nc2ccccc2o1)C(=O)N1CCCc2ccccc21. The largest absolute Gasteiger partial charge is 0.431 e. The Labute approximate surface area is 151 Å². The van der Waals surface area contributed by atoms with Gasteiger partial charge in [-0.1, -0.05) is 49.0 Å². The molecule has 0 N–H and O–H groups in total. The molecule has 3 aromatic rings. The lowest BCUT2D eigenvalue weighted by atomic mass is 10.0. The molecule has 25 heavy (non-hydrogen) atoms. The molecule has 4 nitrogen and oxygen atoms in total. The van der Waals surface area contributed by atoms with E-state index in [1.54, 1.807) is 0 Å². The molecule has 1 amide bonds. The van der Waals surface area contributed by atoms with Gasteiger partial charge in [-0.25, -0.2) is 4.98 Å². The van der Waals surface area contributed by atoms with Crippen LogP contribution in [0.1, 0.15) is 25.3 Å². The lowest BCUT2D eigenvalue weighted by molar-refractivity contribution is -0.118. The van der Waals surface area contributed by atoms with Gasteiger partial charge < -0.3 is 9.32 Å². The number of fused-ring (bicyclic) bond motifs is 2. The summed E-state index contributed by atoms with van der Waals surface area (Å²) >= 11 is 1.42. The molecule has 1 aliphatic heterocycles. The van der Waals surface area contributed by atoms with E-state index in [-0.39, 0.29) is 11.2 Å². The van der Waals surface area contributed by atoms with Gasteiger partial charge in [-0.15, -0.1) is 0 Å². The number of hydrogen-bond donors (Lipinski definition) is 0. The summed E-state index contributed by atoms with van der Waals surface area (Å²) < 4.78 is 5.79. The van der Waals surface area contributed by atoms with Crippen LogP contribution in [0.15, 0.2) is 58.2 Å². The predicted molar refractivity (Wildman–Crippen MR) is 101 cm³/mol. The normalized spacial score (nSPS) is 15.2. The number of nitrogens with zero attached hydrogens (tertiary/aromatic N) is 2. The first-order valence-electron chi connectivity index (χ1n) is 8.68. The molecule has 0 aliphatic carbocycles. The van der Waals surface area contributed by atoms with Crippen molar-refractivity contribution in [3.8, 4) is 0 Å². The standard InChI is InChI=1S/C20H20N2O2S/c1-2-18(25-20-21-15-10-4-6-12-17(15)24-20)19(23)22-13-7-9-14-8-3-5-11-16(14)22/h3-6,8,10-12,18H,2,7,9,13H2,1H3. The van der Waals surface area contributed by atoms with Crippen LogP contribution in [-0.2, 0) is 11.2 Å². The van der Waals surface area contributed by atoms with Crippen molar-refractivity contribution >= 4 is 34.5 Å². The summed E-state index contributed by atoms with van der Waals surface area (Å²) in [6.45, 7) is 2.81. The second-order valence-corrected chi connectivity index (χ2v) is 7.34. The van der Waals surface area contributed by atoms with E-state index < -0.39 is 0 Å². The molecule has 0 saturated heterocycles. The lowest BCUT2D eigenvalue weighted by Gasteiger charge is -2.31. The fourth-order valence-electron chi connectivity index (χ4n) is 3.27. The smallest absolute Gasteiger partial charge is 0.257 e. The Morgan fingerprint density at radius 1 is 1.24 bits per heavy atom. The highest BCUT2D eigenvalue weighted by molar-refractivity contribution is 8.00. The van der Waals surface area contributed by atoms with E-state index in [1.807, 2.05) is 54.3 Å². The molecule has 0 fully saturated rings. The molecule has 1 aromatic heterocycles. The summed E-state index contributed by atoms with van der Waals surface area (Å²) in [5.74, 6) is 0.141. The maximum atomic E-state index is 13.1. The van der Waals surface area contributed by atoms with Crippen LogP contribution in [-0.4, -0.2) is 22.7 Å². The average molecular weight is 352 g/mol. The number of benzene rings is 2. The van der Waals surface area contributed by atoms with Crippen molar-refractivity contribution in [3.05, 3.63) is 54.1 Å². The molecule has 1 aliphatic rings. The van der Waals surface area contributed by atoms with Crippen LogP contribution in [0.3, 0.4) is 0 Å². The van der Waals surface area contributed by atoms with Crippen molar-refractivity contribution < 1.29 is 9.21 Å². The second-order valence-electron chi connectivity index (χ2n) is 6.18. The summed E-state index contributed by atoms with van der Waals surface area (Å²) in [7, 11) is 0. The number of carbonyl (C=O) groups is 1. The molecule has 2 heterocycles. The number of carbonyl (C=O) groups excluding carboxylic acids is 1. The Morgan fingerprint density at radius 3 is 2.88 bits per heavy atom. The summed E-state index contributed by atoms with van der Waals surface area (Å²) in [4.78, 5) is 19.6. The van der Waals surface area contributed by atoms with E-state index in [0.717, 1.165) is 42.6 Å². The van der Waals surface area contributed by atoms with E-state index in [1.165, 1.54) is 17.3 Å². The van der Waals surface area contributed by atoms with Crippen molar-refractivity contribution in [2.24, 2.45) is 0 Å². The van der Waals surface area contributed by atoms with Crippen LogP contribution < -0.4 is 4.90 Å². The van der Waals surface area contributed by atoms with Crippen molar-refractivity contribution in [3.63, 3.8) is 0 Å². The molecular formula is C20H20N2O2S. The third-order valence-electron chi connectivity index (χ3n) is 4.54. The highest BCUT2D eigenvalue weighted by atomic mass is 32.2. The number of hydrogen-bond acceptors (Lipinski definition) is 4. The predicted octanol–water partition coefficient (Wildman–Crippen LogP) is 4.68. The van der Waals surface area contributed by atoms with Crippen LogP contribution >= 0.6 is 11.8 Å². The molecule has 5 heteroatoms. The van der Waals surface area contributed by atoms with E-state index in [2.05, 4.69) is 11.1 Å². The molecule has 2 aromatic carbocycles. The average Bonchev–Trinajstić information content (AvgIpc) is 3.07. The number of aromatic nitrogens is 1. The molecular weight excluding hydrogens is 332 g/mol. The van der Waals surface area contributed by atoms with Crippen molar-refractivity contribution in [1.82, 2.24) is 4.98 Å². The maximum Gasteiger partial charge on any atom is 0.257 e. The Hall–Kier alpha value is -2.27. The summed E-state index contributed by atoms with van der Waals surface area (Å²) in [6.07, 6.45) is 2.78. The number of thioether (sulfide) groups is 1. The molecule has 0 saturated carbocycles. The minimum atomic E-state index is -0.195. The van der Waals surface area contributed by atoms with Crippen LogP contribution in [0.2, 0.25) is 0 Å². The first-order chi connectivity index (χ1) is 12.3. The summed E-state index contributed by atoms with van der Waals surface area (Å²) in [5, 5.41) is 0.367. The molecule has 0 radical (unpaired) electrons. The van der Waals surface area contributed by atoms with Crippen LogP contribution in [0, 0.1) is 0 Å². The Morgan fingerprint density at radius 2 is 2.04 bits per heavy atom. The van der Waals surface area contributed by atoms with Gasteiger partial charge in [-0.05, 0) is 43.0 Å². The number of anilines is 1. The molecule has 1 unspecified atom stereocenters. The van der Waals surface area contributed by atoms with E-state index in [4.69, 9.17) is 4.42 Å². The first kappa shape index (κ1) is 16.2. The zero-order valence-corrected chi connectivity index (χ0v) is 15.0. The highest BCUT2D eigenvalue weighted by Gasteiger charge is 2.29. The van der Waals surface area contributed by atoms with Gasteiger partial charge in [-0.3, -0.25) is 4.79 Å². The van der Waals surface area contributed by atoms with Crippen molar-refractivity contribution in [2.75, 3.05) is 11.4 Å². The van der Waals surface area contributed by atoms with Crippen LogP contribution in [0.5, 0.6) is 0 Å². The van der Waals surface area contributed by atoms with Crippen molar-refractivity contribution in [1.29, 1.82) is 0 Å². The summed E-state index contributed by atoms with van der Waals surface area (Å²) in [6, 6.07) is 15.9. The Bertz CT molecular complexity index is 872. The van der Waals surface area contributed by atoms with Crippen molar-refractivity contribution in [2.45, 2.75) is 36.7 Å². The number of amides is 1. The lowest BCUT2D eigenvalue weighted by Crippen LogP contribution is -2.40. The Kier molecular flexibility index (Phi) is 4.49. The molecule has 4 rings (SSSR count). The Balaban J connectivity index is 1.57. The van der Waals surface area contributed by atoms with Gasteiger partial charge in [0.25, 0.3) is 5.22 Å². The van der Waals surface area contributed by atoms with E-state index in [9.17, 15) is 4.79 Å². The molecule has 128 valence electrons. The van der Waals surface area contributed by atoms with Gasteiger partial charge in [-0.2, -0.15) is 0 Å². The van der Waals surface area contributed by atoms with Gasteiger partial charge in [0.05, 0.1) is 5.25 Å². The summed E-state index contributed by atoms with van der Waals surface area (Å²) in [5.41, 5.74) is 3.89. The van der Waals surface area contributed by atoms with Gasteiger partial charge in [0.1, 0.15) is 5.52 Å². The van der Waals surface area contributed by atoms with Crippen LogP contribution in [0.25, 0.3) is 11.1 Å². The van der Waals surface area contributed by atoms with Gasteiger partial charge in [0, 0.05) is 12.2 Å². The first-order valence-corrected chi connectivity index (χ1v) is 9.55. The molecule has 0 spiro atoms. The van der Waals surface area contributed by atoms with E-state index >= 15 is 0 Å². The van der Waals surface area contributed by atoms with E-state index in [0.29, 0.717) is 5.22 Å². The fourth-order valence-corrected chi connectivity index (χ4v) is 4.19. The third kappa shape index (κ3) is 3.16. The third-order valence-corrected chi connectivity index (χ3v) is 5.74. The highest BCUT2D eigenvalue weighted by Crippen LogP contribution is 2.33. The van der Waals surface area contributed by atoms with Gasteiger partial charge in [0.2, 0.25) is 5.91 Å². The minimum absolute atomic E-state index is 0.141. The number of para-hydroxylation sites is 3. The maximum absolute atomic E-state index is 13.1.